The van der Waals surface area contributed by atoms with E-state index in [1.54, 1.807) is 36.5 Å². The van der Waals surface area contributed by atoms with E-state index in [2.05, 4.69) is 25.6 Å². The van der Waals surface area contributed by atoms with Crippen LogP contribution in [0, 0.1) is 6.92 Å². The Hall–Kier alpha value is -4.14. The molecule has 4 aromatic rings. The second-order valence-electron chi connectivity index (χ2n) is 6.65. The molecule has 9 heteroatoms. The molecule has 0 atom stereocenters. The van der Waals surface area contributed by atoms with E-state index in [-0.39, 0.29) is 12.6 Å². The maximum absolute atomic E-state index is 11.6. The Labute approximate surface area is 163 Å². The van der Waals surface area contributed by atoms with Crippen LogP contribution in [0.4, 0.5) is 23.1 Å². The number of aromatic amines is 1. The number of nitrogens with one attached hydrogen (secondary N) is 3. The van der Waals surface area contributed by atoms with Crippen LogP contribution in [0.3, 0.4) is 0 Å². The van der Waals surface area contributed by atoms with Crippen LogP contribution in [0.25, 0.3) is 11.1 Å². The average molecular weight is 389 g/mol. The van der Waals surface area contributed by atoms with Crippen molar-refractivity contribution >= 4 is 40.2 Å². The third kappa shape index (κ3) is 3.18. The maximum atomic E-state index is 11.6. The van der Waals surface area contributed by atoms with Crippen molar-refractivity contribution in [3.05, 3.63) is 69.8 Å². The van der Waals surface area contributed by atoms with E-state index >= 15 is 0 Å². The molecule has 5 rings (SSSR count). The lowest BCUT2D eigenvalue weighted by Gasteiger charge is -2.11. The number of benzene rings is 2. The van der Waals surface area contributed by atoms with E-state index in [1.165, 1.54) is 0 Å². The molecule has 1 aliphatic rings. The number of carbonyl (C=O) groups excluding carboxylic acids is 1. The highest BCUT2D eigenvalue weighted by Gasteiger charge is 2.21. The SMILES string of the molecule is Cc1cnc(Nc2ccc3c(c2)COC3=O)nc1Nc1ccc2oc(=O)[nH]c2c1. The highest BCUT2D eigenvalue weighted by Crippen LogP contribution is 2.26. The second-order valence-corrected chi connectivity index (χ2v) is 6.65. The smallest absolute Gasteiger partial charge is 0.417 e. The summed E-state index contributed by atoms with van der Waals surface area (Å²) in [5.74, 6) is 0.220. The lowest BCUT2D eigenvalue weighted by atomic mass is 10.1. The summed E-state index contributed by atoms with van der Waals surface area (Å²) in [4.78, 5) is 34.4. The number of anilines is 4. The van der Waals surface area contributed by atoms with Crippen LogP contribution < -0.4 is 16.4 Å². The van der Waals surface area contributed by atoms with E-state index in [9.17, 15) is 9.59 Å². The van der Waals surface area contributed by atoms with Crippen molar-refractivity contribution in [2.45, 2.75) is 13.5 Å². The summed E-state index contributed by atoms with van der Waals surface area (Å²) in [5, 5.41) is 6.37. The van der Waals surface area contributed by atoms with E-state index in [4.69, 9.17) is 9.15 Å². The number of cyclic esters (lactones) is 1. The minimum absolute atomic E-state index is 0.268. The number of carbonyl (C=O) groups is 1. The Bertz CT molecular complexity index is 1320. The van der Waals surface area contributed by atoms with E-state index < -0.39 is 5.76 Å². The van der Waals surface area contributed by atoms with Gasteiger partial charge in [-0.15, -0.1) is 0 Å². The molecule has 2 aromatic carbocycles. The third-order valence-electron chi connectivity index (χ3n) is 4.59. The zero-order chi connectivity index (χ0) is 20.0. The van der Waals surface area contributed by atoms with E-state index in [0.717, 1.165) is 22.5 Å². The number of hydrogen-bond donors (Lipinski definition) is 3. The Kier molecular flexibility index (Phi) is 3.80. The Morgan fingerprint density at radius 2 is 1.90 bits per heavy atom. The minimum Gasteiger partial charge on any atom is -0.457 e. The van der Waals surface area contributed by atoms with Crippen molar-refractivity contribution < 1.29 is 13.9 Å². The van der Waals surface area contributed by atoms with Crippen LogP contribution in [-0.4, -0.2) is 20.9 Å². The summed E-state index contributed by atoms with van der Waals surface area (Å²) >= 11 is 0. The van der Waals surface area contributed by atoms with Gasteiger partial charge in [0.2, 0.25) is 5.95 Å². The molecule has 0 aliphatic carbocycles. The van der Waals surface area contributed by atoms with Crippen molar-refractivity contribution in [1.29, 1.82) is 0 Å². The fourth-order valence-corrected chi connectivity index (χ4v) is 3.14. The highest BCUT2D eigenvalue weighted by atomic mass is 16.5. The number of hydrogen-bond acceptors (Lipinski definition) is 8. The first-order valence-corrected chi connectivity index (χ1v) is 8.86. The van der Waals surface area contributed by atoms with Crippen LogP contribution in [0.5, 0.6) is 0 Å². The number of oxazole rings is 1. The van der Waals surface area contributed by atoms with Crippen molar-refractivity contribution in [3.8, 4) is 0 Å². The number of fused-ring (bicyclic) bond motifs is 2. The fraction of sp³-hybridized carbons (Fsp3) is 0.100. The van der Waals surface area contributed by atoms with Crippen molar-refractivity contribution in [1.82, 2.24) is 15.0 Å². The molecule has 1 aliphatic heterocycles. The quantitative estimate of drug-likeness (QED) is 0.454. The van der Waals surface area contributed by atoms with Crippen LogP contribution in [0.15, 0.2) is 51.8 Å². The molecule has 0 radical (unpaired) electrons. The topological polar surface area (TPSA) is 122 Å². The lowest BCUT2D eigenvalue weighted by molar-refractivity contribution is 0.0535. The molecule has 0 bridgehead atoms. The molecule has 3 heterocycles. The van der Waals surface area contributed by atoms with Gasteiger partial charge in [0.15, 0.2) is 5.58 Å². The first kappa shape index (κ1) is 17.0. The minimum atomic E-state index is -0.497. The number of ether oxygens (including phenoxy) is 1. The highest BCUT2D eigenvalue weighted by molar-refractivity contribution is 5.94. The molecule has 0 spiro atoms. The van der Waals surface area contributed by atoms with Crippen molar-refractivity contribution in [2.24, 2.45) is 0 Å². The number of nitrogens with zero attached hydrogens (tertiary/aromatic N) is 2. The van der Waals surface area contributed by atoms with Gasteiger partial charge in [-0.1, -0.05) is 0 Å². The van der Waals surface area contributed by atoms with E-state index in [0.29, 0.717) is 28.4 Å². The number of aryl methyl sites for hydroxylation is 1. The molecular formula is C20H15N5O4. The molecule has 3 N–H and O–H groups in total. The molecule has 0 amide bonds. The van der Waals surface area contributed by atoms with Gasteiger partial charge in [0.1, 0.15) is 12.4 Å². The molecule has 0 saturated heterocycles. The normalized spacial score (nSPS) is 12.7. The monoisotopic (exact) mass is 389 g/mol. The summed E-state index contributed by atoms with van der Waals surface area (Å²) in [6, 6.07) is 10.6. The Morgan fingerprint density at radius 3 is 2.79 bits per heavy atom. The molecule has 29 heavy (non-hydrogen) atoms. The summed E-state index contributed by atoms with van der Waals surface area (Å²) < 4.78 is 10.0. The molecule has 0 fully saturated rings. The van der Waals surface area contributed by atoms with Gasteiger partial charge in [0.05, 0.1) is 11.1 Å². The predicted octanol–water partition coefficient (Wildman–Crippen LogP) is 3.38. The molecule has 0 unspecified atom stereocenters. The van der Waals surface area contributed by atoms with Gasteiger partial charge in [-0.25, -0.2) is 14.6 Å². The van der Waals surface area contributed by atoms with Crippen LogP contribution in [0.1, 0.15) is 21.5 Å². The summed E-state index contributed by atoms with van der Waals surface area (Å²) in [6.45, 7) is 2.16. The van der Waals surface area contributed by atoms with Gasteiger partial charge in [-0.3, -0.25) is 4.98 Å². The average Bonchev–Trinajstić information content (AvgIpc) is 3.25. The largest absolute Gasteiger partial charge is 0.457 e. The molecule has 9 nitrogen and oxygen atoms in total. The van der Waals surface area contributed by atoms with Gasteiger partial charge in [0.25, 0.3) is 0 Å². The zero-order valence-corrected chi connectivity index (χ0v) is 15.3. The number of H-pyrrole nitrogens is 1. The molecule has 144 valence electrons. The van der Waals surface area contributed by atoms with Crippen molar-refractivity contribution in [3.63, 3.8) is 0 Å². The van der Waals surface area contributed by atoms with Crippen LogP contribution in [-0.2, 0) is 11.3 Å². The van der Waals surface area contributed by atoms with Gasteiger partial charge >= 0.3 is 11.7 Å². The molecule has 0 saturated carbocycles. The second kappa shape index (κ2) is 6.48. The predicted molar refractivity (Wildman–Crippen MR) is 106 cm³/mol. The van der Waals surface area contributed by atoms with Crippen LogP contribution in [0.2, 0.25) is 0 Å². The van der Waals surface area contributed by atoms with Crippen LogP contribution >= 0.6 is 0 Å². The van der Waals surface area contributed by atoms with Gasteiger partial charge in [-0.2, -0.15) is 4.98 Å². The standard InChI is InChI=1S/C20H15N5O4/c1-10-8-21-19(23-12-2-4-14-11(6-12)9-28-18(14)26)25-17(10)22-13-3-5-16-15(7-13)24-20(27)29-16/h2-8H,9H2,1H3,(H,24,27)(H2,21,22,23,25). The summed E-state index contributed by atoms with van der Waals surface area (Å²) in [6.07, 6.45) is 1.70. The Morgan fingerprint density at radius 1 is 1.07 bits per heavy atom. The Balaban J connectivity index is 1.41. The summed E-state index contributed by atoms with van der Waals surface area (Å²) in [5.41, 5.74) is 4.85. The number of aromatic nitrogens is 3. The lowest BCUT2D eigenvalue weighted by Crippen LogP contribution is -2.03. The fourth-order valence-electron chi connectivity index (χ4n) is 3.14. The zero-order valence-electron chi connectivity index (χ0n) is 15.3. The van der Waals surface area contributed by atoms with E-state index in [1.807, 2.05) is 13.0 Å². The van der Waals surface area contributed by atoms with Gasteiger partial charge in [-0.05, 0) is 43.3 Å². The summed E-state index contributed by atoms with van der Waals surface area (Å²) in [7, 11) is 0. The maximum Gasteiger partial charge on any atom is 0.417 e. The number of esters is 1. The van der Waals surface area contributed by atoms with Gasteiger partial charge in [0, 0.05) is 28.7 Å². The van der Waals surface area contributed by atoms with Gasteiger partial charge < -0.3 is 19.8 Å². The molecule has 2 aromatic heterocycles. The molecular weight excluding hydrogens is 374 g/mol. The first-order valence-electron chi connectivity index (χ1n) is 8.86. The number of rotatable bonds is 4. The first-order chi connectivity index (χ1) is 14.0. The van der Waals surface area contributed by atoms with Crippen molar-refractivity contribution in [2.75, 3.05) is 10.6 Å². The third-order valence-corrected chi connectivity index (χ3v) is 4.59.